The van der Waals surface area contributed by atoms with Gasteiger partial charge >= 0.3 is 0 Å². The van der Waals surface area contributed by atoms with Gasteiger partial charge in [0.1, 0.15) is 0 Å². The molecule has 0 spiro atoms. The molecule has 0 fully saturated rings. The second-order valence-electron chi connectivity index (χ2n) is 4.93. The Hall–Kier alpha value is -2.13. The van der Waals surface area contributed by atoms with Gasteiger partial charge in [0.25, 0.3) is 0 Å². The van der Waals surface area contributed by atoms with Crippen molar-refractivity contribution >= 4 is 36.9 Å². The molecule has 0 bridgehead atoms. The fourth-order valence-corrected chi connectivity index (χ4v) is 2.81. The highest BCUT2D eigenvalue weighted by molar-refractivity contribution is 7.46. The molecule has 0 saturated carbocycles. The van der Waals surface area contributed by atoms with Crippen LogP contribution in [0.15, 0.2) is 42.9 Å². The number of hydrogen-bond donors (Lipinski definition) is 1. The summed E-state index contributed by atoms with van der Waals surface area (Å²) in [5, 5.41) is 3.36. The maximum atomic E-state index is 4.48. The molecule has 0 aliphatic heterocycles. The minimum absolute atomic E-state index is 0.705. The van der Waals surface area contributed by atoms with Gasteiger partial charge in [0, 0.05) is 37.9 Å². The van der Waals surface area contributed by atoms with Crippen LogP contribution >= 0.6 is 8.58 Å². The van der Waals surface area contributed by atoms with Gasteiger partial charge in [-0.2, -0.15) is 0 Å². The Kier molecular flexibility index (Phi) is 3.76. The SMILES string of the molecule is CPc1cnc2c(Nc3cccc(N(C)C)c3)nccn12. The van der Waals surface area contributed by atoms with E-state index in [4.69, 9.17) is 0 Å². The van der Waals surface area contributed by atoms with E-state index >= 15 is 0 Å². The highest BCUT2D eigenvalue weighted by Crippen LogP contribution is 2.22. The van der Waals surface area contributed by atoms with E-state index in [1.165, 1.54) is 5.44 Å². The largest absolute Gasteiger partial charge is 0.378 e. The maximum Gasteiger partial charge on any atom is 0.180 e. The third-order valence-corrected chi connectivity index (χ3v) is 4.19. The number of aromatic nitrogens is 3. The van der Waals surface area contributed by atoms with Crippen molar-refractivity contribution in [2.45, 2.75) is 0 Å². The van der Waals surface area contributed by atoms with E-state index in [0.717, 1.165) is 22.8 Å². The fraction of sp³-hybridized carbons (Fsp3) is 0.200. The molecular formula is C15H18N5P. The lowest BCUT2D eigenvalue weighted by Gasteiger charge is -2.14. The smallest absolute Gasteiger partial charge is 0.180 e. The lowest BCUT2D eigenvalue weighted by Crippen LogP contribution is -2.09. The van der Waals surface area contributed by atoms with Crippen LogP contribution in [0.2, 0.25) is 0 Å². The van der Waals surface area contributed by atoms with Crippen LogP contribution in [0.4, 0.5) is 17.2 Å². The molecule has 1 N–H and O–H groups in total. The number of hydrogen-bond acceptors (Lipinski definition) is 4. The summed E-state index contributed by atoms with van der Waals surface area (Å²) in [5.74, 6) is 0.776. The Morgan fingerprint density at radius 2 is 2.10 bits per heavy atom. The average Bonchev–Trinajstić information content (AvgIpc) is 2.92. The molecule has 0 amide bonds. The third-order valence-electron chi connectivity index (χ3n) is 3.31. The van der Waals surface area contributed by atoms with Gasteiger partial charge < -0.3 is 10.2 Å². The minimum Gasteiger partial charge on any atom is -0.378 e. The van der Waals surface area contributed by atoms with Crippen molar-refractivity contribution in [1.29, 1.82) is 0 Å². The normalized spacial score (nSPS) is 11.4. The van der Waals surface area contributed by atoms with Gasteiger partial charge in [0.05, 0.1) is 11.6 Å². The summed E-state index contributed by atoms with van der Waals surface area (Å²) in [5.41, 5.74) is 4.21. The summed E-state index contributed by atoms with van der Waals surface area (Å²) in [7, 11) is 4.76. The highest BCUT2D eigenvalue weighted by atomic mass is 31.1. The van der Waals surface area contributed by atoms with Crippen molar-refractivity contribution < 1.29 is 0 Å². The van der Waals surface area contributed by atoms with Crippen molar-refractivity contribution in [3.63, 3.8) is 0 Å². The van der Waals surface area contributed by atoms with Gasteiger partial charge in [-0.3, -0.25) is 4.40 Å². The van der Waals surface area contributed by atoms with E-state index in [-0.39, 0.29) is 0 Å². The first kappa shape index (κ1) is 13.8. The first-order chi connectivity index (χ1) is 10.2. The van der Waals surface area contributed by atoms with Gasteiger partial charge in [0.2, 0.25) is 0 Å². The van der Waals surface area contributed by atoms with E-state index < -0.39 is 0 Å². The first-order valence-corrected chi connectivity index (χ1v) is 8.23. The molecule has 0 aliphatic rings. The van der Waals surface area contributed by atoms with E-state index in [1.54, 1.807) is 6.20 Å². The standard InChI is InChI=1S/C15H18N5P/c1-19(2)12-6-4-5-11(9-12)18-14-15-17-10-13(21-3)20(15)8-7-16-14/h4-10,21H,1-3H3,(H,16,18). The Bertz CT molecular complexity index is 766. The number of nitrogens with one attached hydrogen (secondary N) is 1. The summed E-state index contributed by atoms with van der Waals surface area (Å²) in [6, 6.07) is 8.23. The number of imidazole rings is 1. The van der Waals surface area contributed by atoms with Crippen LogP contribution in [0, 0.1) is 0 Å². The van der Waals surface area contributed by atoms with Crippen molar-refractivity contribution in [2.75, 3.05) is 31.0 Å². The summed E-state index contributed by atoms with van der Waals surface area (Å²) < 4.78 is 2.09. The number of benzene rings is 1. The third kappa shape index (κ3) is 2.69. The van der Waals surface area contributed by atoms with Crippen LogP contribution in [0.5, 0.6) is 0 Å². The molecule has 2 aromatic heterocycles. The molecule has 3 rings (SSSR count). The zero-order valence-corrected chi connectivity index (χ0v) is 13.3. The molecule has 2 heterocycles. The first-order valence-electron chi connectivity index (χ1n) is 6.73. The Morgan fingerprint density at radius 3 is 2.86 bits per heavy atom. The lowest BCUT2D eigenvalue weighted by molar-refractivity contribution is 1.13. The van der Waals surface area contributed by atoms with Gasteiger partial charge in [0.15, 0.2) is 11.5 Å². The maximum absolute atomic E-state index is 4.48. The summed E-state index contributed by atoms with van der Waals surface area (Å²) in [6.45, 7) is 2.15. The highest BCUT2D eigenvalue weighted by Gasteiger charge is 2.08. The number of nitrogens with zero attached hydrogens (tertiary/aromatic N) is 4. The second kappa shape index (κ2) is 5.70. The predicted molar refractivity (Wildman–Crippen MR) is 90.9 cm³/mol. The molecule has 0 radical (unpaired) electrons. The molecule has 1 unspecified atom stereocenters. The molecular weight excluding hydrogens is 281 g/mol. The van der Waals surface area contributed by atoms with Crippen LogP contribution in [-0.2, 0) is 0 Å². The molecule has 6 heteroatoms. The van der Waals surface area contributed by atoms with Gasteiger partial charge in [-0.25, -0.2) is 9.97 Å². The van der Waals surface area contributed by atoms with Crippen LogP contribution in [0.25, 0.3) is 5.65 Å². The number of anilines is 3. The molecule has 1 atom stereocenters. The average molecular weight is 299 g/mol. The van der Waals surface area contributed by atoms with E-state index in [9.17, 15) is 0 Å². The quantitative estimate of drug-likeness (QED) is 0.752. The van der Waals surface area contributed by atoms with Crippen molar-refractivity contribution in [2.24, 2.45) is 0 Å². The van der Waals surface area contributed by atoms with Crippen LogP contribution < -0.4 is 15.7 Å². The van der Waals surface area contributed by atoms with Gasteiger partial charge in [-0.1, -0.05) is 14.6 Å². The molecule has 5 nitrogen and oxygen atoms in total. The topological polar surface area (TPSA) is 45.5 Å². The fourth-order valence-electron chi connectivity index (χ4n) is 2.19. The zero-order valence-electron chi connectivity index (χ0n) is 12.3. The van der Waals surface area contributed by atoms with Crippen molar-refractivity contribution in [1.82, 2.24) is 14.4 Å². The molecule has 3 aromatic rings. The van der Waals surface area contributed by atoms with Crippen LogP contribution in [0.3, 0.4) is 0 Å². The van der Waals surface area contributed by atoms with Gasteiger partial charge in [-0.05, 0) is 24.9 Å². The Labute approximate surface area is 125 Å². The summed E-state index contributed by atoms with van der Waals surface area (Å²) in [6.07, 6.45) is 5.67. The predicted octanol–water partition coefficient (Wildman–Crippen LogP) is 2.47. The molecule has 108 valence electrons. The Morgan fingerprint density at radius 1 is 1.24 bits per heavy atom. The van der Waals surface area contributed by atoms with Crippen LogP contribution in [-0.4, -0.2) is 35.1 Å². The number of fused-ring (bicyclic) bond motifs is 1. The van der Waals surface area contributed by atoms with E-state index in [0.29, 0.717) is 8.58 Å². The van der Waals surface area contributed by atoms with E-state index in [2.05, 4.69) is 43.4 Å². The summed E-state index contributed by atoms with van der Waals surface area (Å²) >= 11 is 0. The molecule has 0 saturated heterocycles. The molecule has 1 aromatic carbocycles. The van der Waals surface area contributed by atoms with E-state index in [1.807, 2.05) is 38.6 Å². The molecule has 21 heavy (non-hydrogen) atoms. The second-order valence-corrected chi connectivity index (χ2v) is 5.94. The minimum atomic E-state index is 0.705. The van der Waals surface area contributed by atoms with Crippen molar-refractivity contribution in [3.05, 3.63) is 42.9 Å². The summed E-state index contributed by atoms with van der Waals surface area (Å²) in [4.78, 5) is 11.0. The number of rotatable bonds is 4. The Balaban J connectivity index is 1.98. The molecule has 0 aliphatic carbocycles. The van der Waals surface area contributed by atoms with Crippen molar-refractivity contribution in [3.8, 4) is 0 Å². The van der Waals surface area contributed by atoms with Gasteiger partial charge in [-0.15, -0.1) is 0 Å². The van der Waals surface area contributed by atoms with Crippen LogP contribution in [0.1, 0.15) is 0 Å². The zero-order chi connectivity index (χ0) is 14.8. The monoisotopic (exact) mass is 299 g/mol. The lowest BCUT2D eigenvalue weighted by atomic mass is 10.2.